The summed E-state index contributed by atoms with van der Waals surface area (Å²) in [6.07, 6.45) is 1.81. The van der Waals surface area contributed by atoms with Crippen molar-refractivity contribution < 1.29 is 9.21 Å². The summed E-state index contributed by atoms with van der Waals surface area (Å²) in [5.41, 5.74) is 1.58. The van der Waals surface area contributed by atoms with Gasteiger partial charge in [0.15, 0.2) is 11.5 Å². The fourth-order valence-corrected chi connectivity index (χ4v) is 3.76. The number of nitrogens with zero attached hydrogens (tertiary/aromatic N) is 2. The zero-order valence-corrected chi connectivity index (χ0v) is 14.6. The van der Waals surface area contributed by atoms with Gasteiger partial charge in [0.25, 0.3) is 0 Å². The molecule has 0 bridgehead atoms. The van der Waals surface area contributed by atoms with Gasteiger partial charge in [-0.25, -0.2) is 4.98 Å². The first-order valence-electron chi connectivity index (χ1n) is 8.67. The van der Waals surface area contributed by atoms with Crippen LogP contribution >= 0.6 is 11.6 Å². The Morgan fingerprint density at radius 3 is 2.79 bits per heavy atom. The normalized spacial score (nSPS) is 21.0. The Morgan fingerprint density at radius 1 is 1.38 bits per heavy atom. The molecule has 3 heterocycles. The average Bonchev–Trinajstić information content (AvgIpc) is 2.95. The number of fused-ring (bicyclic) bond motifs is 1. The Kier molecular flexibility index (Phi) is 4.22. The molecule has 1 aromatic heterocycles. The lowest BCUT2D eigenvalue weighted by atomic mass is 9.87. The molecular formula is C18H22ClN3O2. The number of carbonyl (C=O) groups is 1. The molecule has 2 aromatic rings. The third-order valence-electron chi connectivity index (χ3n) is 5.43. The summed E-state index contributed by atoms with van der Waals surface area (Å²) < 4.78 is 5.89. The fraction of sp³-hybridized carbons (Fsp3) is 0.556. The molecular weight excluding hydrogens is 326 g/mol. The maximum Gasteiger partial charge on any atom is 0.225 e. The van der Waals surface area contributed by atoms with Crippen LogP contribution in [0.15, 0.2) is 22.6 Å². The highest BCUT2D eigenvalue weighted by Crippen LogP contribution is 2.31. The number of halogens is 1. The van der Waals surface area contributed by atoms with E-state index >= 15 is 0 Å². The van der Waals surface area contributed by atoms with E-state index in [1.54, 1.807) is 0 Å². The van der Waals surface area contributed by atoms with Gasteiger partial charge < -0.3 is 14.6 Å². The van der Waals surface area contributed by atoms with Crippen LogP contribution in [0.5, 0.6) is 0 Å². The Hall–Kier alpha value is -1.59. The van der Waals surface area contributed by atoms with Gasteiger partial charge in [0.05, 0.1) is 0 Å². The largest absolute Gasteiger partial charge is 0.440 e. The molecule has 0 aliphatic carbocycles. The minimum absolute atomic E-state index is 0.120. The molecule has 2 aliphatic heterocycles. The summed E-state index contributed by atoms with van der Waals surface area (Å²) in [5.74, 6) is 1.96. The summed E-state index contributed by atoms with van der Waals surface area (Å²) in [4.78, 5) is 19.2. The van der Waals surface area contributed by atoms with Crippen LogP contribution in [0.25, 0.3) is 11.1 Å². The van der Waals surface area contributed by atoms with Crippen molar-refractivity contribution in [3.05, 3.63) is 29.1 Å². The molecule has 1 aromatic carbocycles. The maximum atomic E-state index is 12.6. The summed E-state index contributed by atoms with van der Waals surface area (Å²) in [6.45, 7) is 5.56. The van der Waals surface area contributed by atoms with Crippen LogP contribution < -0.4 is 5.32 Å². The highest BCUT2D eigenvalue weighted by molar-refractivity contribution is 6.31. The van der Waals surface area contributed by atoms with Crippen molar-refractivity contribution in [2.75, 3.05) is 26.2 Å². The van der Waals surface area contributed by atoms with Crippen molar-refractivity contribution >= 4 is 28.6 Å². The van der Waals surface area contributed by atoms with Crippen LogP contribution in [-0.2, 0) is 4.79 Å². The van der Waals surface area contributed by atoms with Crippen LogP contribution in [0.4, 0.5) is 0 Å². The Balaban J connectivity index is 1.40. The molecule has 24 heavy (non-hydrogen) atoms. The van der Waals surface area contributed by atoms with Crippen LogP contribution in [0.2, 0.25) is 5.02 Å². The lowest BCUT2D eigenvalue weighted by Crippen LogP contribution is -2.51. The third-order valence-corrected chi connectivity index (χ3v) is 5.67. The van der Waals surface area contributed by atoms with Crippen molar-refractivity contribution in [1.82, 2.24) is 15.2 Å². The maximum absolute atomic E-state index is 12.6. The molecule has 2 fully saturated rings. The molecule has 1 N–H and O–H groups in total. The number of likely N-dealkylation sites (tertiary alicyclic amines) is 1. The molecule has 0 saturated carbocycles. The van der Waals surface area contributed by atoms with E-state index in [0.717, 1.165) is 56.0 Å². The number of hydrogen-bond donors (Lipinski definition) is 1. The van der Waals surface area contributed by atoms with E-state index in [1.807, 2.05) is 23.1 Å². The summed E-state index contributed by atoms with van der Waals surface area (Å²) in [5, 5.41) is 3.91. The first kappa shape index (κ1) is 15.9. The van der Waals surface area contributed by atoms with Gasteiger partial charge in [0.2, 0.25) is 5.91 Å². The van der Waals surface area contributed by atoms with Crippen molar-refractivity contribution in [3.8, 4) is 0 Å². The fourth-order valence-electron chi connectivity index (χ4n) is 3.59. The molecule has 0 spiro atoms. The van der Waals surface area contributed by atoms with Gasteiger partial charge in [-0.05, 0) is 50.0 Å². The molecule has 0 radical (unpaired) electrons. The number of rotatable bonds is 3. The van der Waals surface area contributed by atoms with E-state index < -0.39 is 0 Å². The molecule has 6 heteroatoms. The van der Waals surface area contributed by atoms with Crippen molar-refractivity contribution in [1.29, 1.82) is 0 Å². The molecule has 128 valence electrons. The number of nitrogens with one attached hydrogen (secondary N) is 1. The first-order chi connectivity index (χ1) is 11.6. The number of aromatic nitrogens is 1. The number of hydrogen-bond acceptors (Lipinski definition) is 4. The van der Waals surface area contributed by atoms with Crippen molar-refractivity contribution in [2.45, 2.75) is 25.7 Å². The van der Waals surface area contributed by atoms with Gasteiger partial charge in [-0.1, -0.05) is 18.5 Å². The van der Waals surface area contributed by atoms with Crippen LogP contribution in [0.3, 0.4) is 0 Å². The van der Waals surface area contributed by atoms with Gasteiger partial charge in [0, 0.05) is 29.9 Å². The predicted molar refractivity (Wildman–Crippen MR) is 93.1 cm³/mol. The summed E-state index contributed by atoms with van der Waals surface area (Å²) in [7, 11) is 0. The minimum Gasteiger partial charge on any atom is -0.440 e. The number of oxazole rings is 1. The predicted octanol–water partition coefficient (Wildman–Crippen LogP) is 3.04. The molecule has 1 unspecified atom stereocenters. The molecule has 2 saturated heterocycles. The Labute approximate surface area is 146 Å². The number of amides is 1. The average molecular weight is 348 g/mol. The van der Waals surface area contributed by atoms with Crippen molar-refractivity contribution in [2.24, 2.45) is 11.8 Å². The zero-order chi connectivity index (χ0) is 16.7. The summed E-state index contributed by atoms with van der Waals surface area (Å²) in [6, 6.07) is 5.51. The van der Waals surface area contributed by atoms with Gasteiger partial charge >= 0.3 is 0 Å². The highest BCUT2D eigenvalue weighted by atomic mass is 35.5. The van der Waals surface area contributed by atoms with E-state index in [9.17, 15) is 4.79 Å². The standard InChI is InChI=1S/C18H22ClN3O2/c1-11(13-9-20-10-13)18(23)22-6-4-12(5-7-22)17-21-15-8-14(19)2-3-16(15)24-17/h2-3,8,11-13,20H,4-7,9-10H2,1H3. The Bertz CT molecular complexity index is 748. The smallest absolute Gasteiger partial charge is 0.225 e. The van der Waals surface area contributed by atoms with E-state index in [4.69, 9.17) is 16.0 Å². The molecule has 4 rings (SSSR count). The SMILES string of the molecule is CC(C(=O)N1CCC(c2nc3cc(Cl)ccc3o2)CC1)C1CNC1. The van der Waals surface area contributed by atoms with Gasteiger partial charge in [0.1, 0.15) is 5.52 Å². The molecule has 1 amide bonds. The van der Waals surface area contributed by atoms with E-state index in [-0.39, 0.29) is 11.8 Å². The van der Waals surface area contributed by atoms with Crippen molar-refractivity contribution in [3.63, 3.8) is 0 Å². The number of piperidine rings is 1. The van der Waals surface area contributed by atoms with Crippen LogP contribution in [0, 0.1) is 11.8 Å². The molecule has 5 nitrogen and oxygen atoms in total. The topological polar surface area (TPSA) is 58.4 Å². The molecule has 2 aliphatic rings. The van der Waals surface area contributed by atoms with E-state index in [0.29, 0.717) is 16.8 Å². The van der Waals surface area contributed by atoms with Gasteiger partial charge in [-0.3, -0.25) is 4.79 Å². The minimum atomic E-state index is 0.120. The second-order valence-electron chi connectivity index (χ2n) is 6.97. The Morgan fingerprint density at radius 2 is 2.12 bits per heavy atom. The van der Waals surface area contributed by atoms with Crippen LogP contribution in [0.1, 0.15) is 31.6 Å². The quantitative estimate of drug-likeness (QED) is 0.927. The summed E-state index contributed by atoms with van der Waals surface area (Å²) >= 11 is 6.01. The molecule has 1 atom stereocenters. The lowest BCUT2D eigenvalue weighted by Gasteiger charge is -2.37. The number of benzene rings is 1. The van der Waals surface area contributed by atoms with Gasteiger partial charge in [-0.15, -0.1) is 0 Å². The lowest BCUT2D eigenvalue weighted by molar-refractivity contribution is -0.138. The third kappa shape index (κ3) is 2.91. The van der Waals surface area contributed by atoms with E-state index in [1.165, 1.54) is 0 Å². The first-order valence-corrected chi connectivity index (χ1v) is 9.05. The monoisotopic (exact) mass is 347 g/mol. The second kappa shape index (κ2) is 6.37. The van der Waals surface area contributed by atoms with Gasteiger partial charge in [-0.2, -0.15) is 0 Å². The highest BCUT2D eigenvalue weighted by Gasteiger charge is 2.34. The van der Waals surface area contributed by atoms with E-state index in [2.05, 4.69) is 17.2 Å². The second-order valence-corrected chi connectivity index (χ2v) is 7.41. The zero-order valence-electron chi connectivity index (χ0n) is 13.8. The number of carbonyl (C=O) groups excluding carboxylic acids is 1. The van der Waals surface area contributed by atoms with Crippen LogP contribution in [-0.4, -0.2) is 42.0 Å².